The van der Waals surface area contributed by atoms with E-state index in [-0.39, 0.29) is 11.1 Å². The molecule has 108 valence electrons. The summed E-state index contributed by atoms with van der Waals surface area (Å²) < 4.78 is 39.4. The molecule has 0 saturated carbocycles. The lowest BCUT2D eigenvalue weighted by molar-refractivity contribution is 0.449. The maximum atomic E-state index is 13.5. The van der Waals surface area contributed by atoms with Crippen molar-refractivity contribution in [3.63, 3.8) is 0 Å². The summed E-state index contributed by atoms with van der Waals surface area (Å²) >= 11 is 1.62. The summed E-state index contributed by atoms with van der Waals surface area (Å²) in [6.07, 6.45) is 0. The summed E-state index contributed by atoms with van der Waals surface area (Å²) in [5.74, 6) is -3.81. The zero-order valence-corrected chi connectivity index (χ0v) is 12.4. The summed E-state index contributed by atoms with van der Waals surface area (Å²) in [5, 5.41) is 2.79. The Kier molecular flexibility index (Phi) is 4.09. The standard InChI is InChI=1S/C15H16F3NS/c1-15(2,3)12-7-4-9(20-12)8-19-11-6-5-10(16)13(17)14(11)18/h4-7,19H,8H2,1-3H3. The lowest BCUT2D eigenvalue weighted by Crippen LogP contribution is -2.07. The largest absolute Gasteiger partial charge is 0.378 e. The van der Waals surface area contributed by atoms with Crippen LogP contribution in [0.1, 0.15) is 30.5 Å². The van der Waals surface area contributed by atoms with Crippen molar-refractivity contribution in [1.82, 2.24) is 0 Å². The highest BCUT2D eigenvalue weighted by Crippen LogP contribution is 2.30. The lowest BCUT2D eigenvalue weighted by Gasteiger charge is -2.15. The molecule has 0 amide bonds. The summed E-state index contributed by atoms with van der Waals surface area (Å²) in [7, 11) is 0. The van der Waals surface area contributed by atoms with Crippen LogP contribution in [0.25, 0.3) is 0 Å². The Morgan fingerprint density at radius 1 is 1.00 bits per heavy atom. The van der Waals surface area contributed by atoms with Crippen LogP contribution in [0.2, 0.25) is 0 Å². The Bertz CT molecular complexity index is 614. The highest BCUT2D eigenvalue weighted by molar-refractivity contribution is 7.12. The Morgan fingerprint density at radius 2 is 1.70 bits per heavy atom. The molecule has 0 atom stereocenters. The highest BCUT2D eigenvalue weighted by atomic mass is 32.1. The van der Waals surface area contributed by atoms with Gasteiger partial charge in [-0.05, 0) is 29.7 Å². The smallest absolute Gasteiger partial charge is 0.196 e. The average molecular weight is 299 g/mol. The summed E-state index contributed by atoms with van der Waals surface area (Å²) in [5.41, 5.74) is 0.0329. The minimum Gasteiger partial charge on any atom is -0.378 e. The van der Waals surface area contributed by atoms with Gasteiger partial charge in [0.1, 0.15) is 0 Å². The van der Waals surface area contributed by atoms with Crippen LogP contribution in [-0.4, -0.2) is 0 Å². The second-order valence-electron chi connectivity index (χ2n) is 5.59. The number of hydrogen-bond donors (Lipinski definition) is 1. The normalized spacial score (nSPS) is 11.7. The molecule has 2 rings (SSSR count). The van der Waals surface area contributed by atoms with E-state index in [1.807, 2.05) is 12.1 Å². The fourth-order valence-corrected chi connectivity index (χ4v) is 2.73. The Labute approximate surface area is 120 Å². The molecule has 0 saturated heterocycles. The van der Waals surface area contributed by atoms with Crippen LogP contribution < -0.4 is 5.32 Å². The van der Waals surface area contributed by atoms with Crippen molar-refractivity contribution < 1.29 is 13.2 Å². The number of anilines is 1. The van der Waals surface area contributed by atoms with Gasteiger partial charge in [0, 0.05) is 16.3 Å². The molecule has 0 spiro atoms. The zero-order chi connectivity index (χ0) is 14.9. The monoisotopic (exact) mass is 299 g/mol. The van der Waals surface area contributed by atoms with Gasteiger partial charge < -0.3 is 5.32 Å². The molecular weight excluding hydrogens is 283 g/mol. The molecule has 1 aromatic carbocycles. The minimum absolute atomic E-state index is 0.0328. The molecule has 0 aliphatic heterocycles. The molecule has 1 nitrogen and oxygen atoms in total. The number of hydrogen-bond acceptors (Lipinski definition) is 2. The summed E-state index contributed by atoms with van der Waals surface area (Å²) in [6, 6.07) is 6.10. The maximum absolute atomic E-state index is 13.5. The molecule has 0 aliphatic rings. The van der Waals surface area contributed by atoms with E-state index in [2.05, 4.69) is 26.1 Å². The van der Waals surface area contributed by atoms with Crippen molar-refractivity contribution in [3.05, 3.63) is 51.5 Å². The summed E-state index contributed by atoms with van der Waals surface area (Å²) in [6.45, 7) is 6.73. The summed E-state index contributed by atoms with van der Waals surface area (Å²) in [4.78, 5) is 2.24. The van der Waals surface area contributed by atoms with Gasteiger partial charge in [-0.15, -0.1) is 11.3 Å². The molecule has 1 heterocycles. The van der Waals surface area contributed by atoms with Gasteiger partial charge in [0.25, 0.3) is 0 Å². The number of thiophene rings is 1. The first-order valence-corrected chi connectivity index (χ1v) is 7.07. The van der Waals surface area contributed by atoms with Crippen molar-refractivity contribution in [2.75, 3.05) is 5.32 Å². The lowest BCUT2D eigenvalue weighted by atomic mass is 9.95. The van der Waals surface area contributed by atoms with Crippen LogP contribution in [0.5, 0.6) is 0 Å². The van der Waals surface area contributed by atoms with E-state index in [9.17, 15) is 13.2 Å². The number of rotatable bonds is 3. The second-order valence-corrected chi connectivity index (χ2v) is 6.76. The van der Waals surface area contributed by atoms with Crippen molar-refractivity contribution in [2.24, 2.45) is 0 Å². The number of halogens is 3. The van der Waals surface area contributed by atoms with Crippen LogP contribution in [0.15, 0.2) is 24.3 Å². The van der Waals surface area contributed by atoms with Crippen LogP contribution in [0.4, 0.5) is 18.9 Å². The van der Waals surface area contributed by atoms with Gasteiger partial charge in [-0.25, -0.2) is 13.2 Å². The van der Waals surface area contributed by atoms with Crippen molar-refractivity contribution in [3.8, 4) is 0 Å². The topological polar surface area (TPSA) is 12.0 Å². The molecule has 1 aromatic heterocycles. The molecular formula is C15H16F3NS. The van der Waals surface area contributed by atoms with Gasteiger partial charge in [-0.1, -0.05) is 20.8 Å². The van der Waals surface area contributed by atoms with Gasteiger partial charge in [-0.2, -0.15) is 0 Å². The van der Waals surface area contributed by atoms with Crippen molar-refractivity contribution >= 4 is 17.0 Å². The van der Waals surface area contributed by atoms with Gasteiger partial charge >= 0.3 is 0 Å². The maximum Gasteiger partial charge on any atom is 0.196 e. The van der Waals surface area contributed by atoms with E-state index >= 15 is 0 Å². The molecule has 1 N–H and O–H groups in total. The Balaban J connectivity index is 2.10. The second kappa shape index (κ2) is 5.48. The number of nitrogens with one attached hydrogen (secondary N) is 1. The minimum atomic E-state index is -1.45. The van der Waals surface area contributed by atoms with Crippen LogP contribution >= 0.6 is 11.3 Å². The van der Waals surface area contributed by atoms with E-state index in [1.54, 1.807) is 11.3 Å². The predicted octanol–water partition coefficient (Wildman–Crippen LogP) is 5.08. The van der Waals surface area contributed by atoms with Gasteiger partial charge in [-0.3, -0.25) is 0 Å². The molecule has 20 heavy (non-hydrogen) atoms. The van der Waals surface area contributed by atoms with Crippen LogP contribution in [0.3, 0.4) is 0 Å². The first kappa shape index (κ1) is 14.9. The third-order valence-electron chi connectivity index (χ3n) is 2.89. The SMILES string of the molecule is CC(C)(C)c1ccc(CNc2ccc(F)c(F)c2F)s1. The van der Waals surface area contributed by atoms with E-state index in [4.69, 9.17) is 0 Å². The highest BCUT2D eigenvalue weighted by Gasteiger charge is 2.17. The third-order valence-corrected chi connectivity index (χ3v) is 4.40. The van der Waals surface area contributed by atoms with Gasteiger partial charge in [0.05, 0.1) is 5.69 Å². The van der Waals surface area contributed by atoms with Crippen LogP contribution in [-0.2, 0) is 12.0 Å². The molecule has 0 fully saturated rings. The third kappa shape index (κ3) is 3.15. The quantitative estimate of drug-likeness (QED) is 0.780. The molecule has 0 bridgehead atoms. The molecule has 0 aliphatic carbocycles. The molecule has 5 heteroatoms. The molecule has 0 radical (unpaired) electrons. The zero-order valence-electron chi connectivity index (χ0n) is 11.6. The van der Waals surface area contributed by atoms with E-state index in [0.717, 1.165) is 10.9 Å². The van der Waals surface area contributed by atoms with E-state index in [0.29, 0.717) is 6.54 Å². The van der Waals surface area contributed by atoms with Crippen LogP contribution in [0, 0.1) is 17.5 Å². The van der Waals surface area contributed by atoms with Crippen molar-refractivity contribution in [2.45, 2.75) is 32.7 Å². The molecule has 2 aromatic rings. The fourth-order valence-electron chi connectivity index (χ4n) is 1.72. The Hall–Kier alpha value is -1.49. The van der Waals surface area contributed by atoms with E-state index in [1.165, 1.54) is 10.9 Å². The first-order chi connectivity index (χ1) is 9.29. The van der Waals surface area contributed by atoms with E-state index < -0.39 is 17.5 Å². The molecule has 0 unspecified atom stereocenters. The Morgan fingerprint density at radius 3 is 2.30 bits per heavy atom. The fraction of sp³-hybridized carbons (Fsp3) is 0.333. The first-order valence-electron chi connectivity index (χ1n) is 6.25. The van der Waals surface area contributed by atoms with Gasteiger partial charge in [0.2, 0.25) is 0 Å². The van der Waals surface area contributed by atoms with Gasteiger partial charge in [0.15, 0.2) is 17.5 Å². The average Bonchev–Trinajstić information content (AvgIpc) is 2.84. The predicted molar refractivity (Wildman–Crippen MR) is 76.7 cm³/mol. The number of benzene rings is 1. The van der Waals surface area contributed by atoms with Crippen molar-refractivity contribution in [1.29, 1.82) is 0 Å².